The summed E-state index contributed by atoms with van der Waals surface area (Å²) in [7, 11) is -3.32. The molecule has 2 saturated heterocycles. The van der Waals surface area contributed by atoms with Gasteiger partial charge < -0.3 is 10.6 Å². The molecule has 2 aliphatic heterocycles. The topological polar surface area (TPSA) is 105 Å². The second kappa shape index (κ2) is 7.84. The number of anilines is 2. The number of piperidine rings is 1. The molecule has 9 nitrogen and oxygen atoms in total. The molecular weight excluding hydrogens is 402 g/mol. The third kappa shape index (κ3) is 3.72. The van der Waals surface area contributed by atoms with Gasteiger partial charge in [-0.15, -0.1) is 0 Å². The summed E-state index contributed by atoms with van der Waals surface area (Å²) < 4.78 is 28.2. The summed E-state index contributed by atoms with van der Waals surface area (Å²) in [4.78, 5) is 13.6. The van der Waals surface area contributed by atoms with Crippen LogP contribution < -0.4 is 14.9 Å². The molecule has 3 aromatic heterocycles. The highest BCUT2D eigenvalue weighted by Gasteiger charge is 2.27. The summed E-state index contributed by atoms with van der Waals surface area (Å²) in [5, 5.41) is 6.90. The summed E-state index contributed by atoms with van der Waals surface area (Å²) in [6.45, 7) is 2.45. The van der Waals surface area contributed by atoms with E-state index in [2.05, 4.69) is 20.6 Å². The van der Waals surface area contributed by atoms with E-state index in [9.17, 15) is 8.42 Å². The van der Waals surface area contributed by atoms with Crippen LogP contribution in [-0.2, 0) is 10.0 Å². The average molecular weight is 428 g/mol. The van der Waals surface area contributed by atoms with Gasteiger partial charge in [-0.2, -0.15) is 0 Å². The molecule has 158 valence electrons. The maximum atomic E-state index is 12.5. The Morgan fingerprint density at radius 1 is 1.13 bits per heavy atom. The zero-order valence-corrected chi connectivity index (χ0v) is 17.5. The predicted molar refractivity (Wildman–Crippen MR) is 116 cm³/mol. The van der Waals surface area contributed by atoms with Crippen molar-refractivity contribution in [1.29, 1.82) is 0 Å². The Kier molecular flexibility index (Phi) is 5.03. The first-order chi connectivity index (χ1) is 14.6. The summed E-state index contributed by atoms with van der Waals surface area (Å²) in [5.41, 5.74) is 2.23. The standard InChI is InChI=1S/C20H25N7O2S/c28-30(29)10-2-1-9-27(30)20-14-26-17(12-22-19(26)13-23-20)16-6-3-7-18(25-16)24-15-5-4-8-21-11-15/h3,6-7,12-15,21H,1-2,4-5,8-11H2,(H,24,25). The summed E-state index contributed by atoms with van der Waals surface area (Å²) in [6.07, 6.45) is 8.90. The minimum Gasteiger partial charge on any atom is -0.366 e. The largest absolute Gasteiger partial charge is 0.366 e. The molecule has 0 spiro atoms. The van der Waals surface area contributed by atoms with Gasteiger partial charge in [0.25, 0.3) is 0 Å². The van der Waals surface area contributed by atoms with Gasteiger partial charge in [-0.3, -0.25) is 8.71 Å². The van der Waals surface area contributed by atoms with Crippen LogP contribution in [-0.4, -0.2) is 59.2 Å². The van der Waals surface area contributed by atoms with Crippen molar-refractivity contribution >= 4 is 27.3 Å². The van der Waals surface area contributed by atoms with Crippen LogP contribution in [0.2, 0.25) is 0 Å². The maximum absolute atomic E-state index is 12.5. The number of hydrogen-bond donors (Lipinski definition) is 2. The van der Waals surface area contributed by atoms with Crippen LogP contribution >= 0.6 is 0 Å². The van der Waals surface area contributed by atoms with Crippen LogP contribution in [0.3, 0.4) is 0 Å². The second-order valence-corrected chi connectivity index (χ2v) is 9.82. The number of fused-ring (bicyclic) bond motifs is 1. The molecular formula is C20H25N7O2S. The molecule has 10 heteroatoms. The third-order valence-corrected chi connectivity index (χ3v) is 7.49. The van der Waals surface area contributed by atoms with E-state index in [0.29, 0.717) is 30.5 Å². The first-order valence-electron chi connectivity index (χ1n) is 10.4. The van der Waals surface area contributed by atoms with Gasteiger partial charge in [0.1, 0.15) is 5.82 Å². The highest BCUT2D eigenvalue weighted by molar-refractivity contribution is 7.92. The lowest BCUT2D eigenvalue weighted by Gasteiger charge is -2.27. The van der Waals surface area contributed by atoms with Gasteiger partial charge in [0.15, 0.2) is 11.5 Å². The molecule has 30 heavy (non-hydrogen) atoms. The molecule has 1 atom stereocenters. The third-order valence-electron chi connectivity index (χ3n) is 5.65. The van der Waals surface area contributed by atoms with Crippen LogP contribution in [0, 0.1) is 0 Å². The molecule has 0 radical (unpaired) electrons. The number of pyridine rings is 1. The van der Waals surface area contributed by atoms with Gasteiger partial charge in [0, 0.05) is 19.1 Å². The predicted octanol–water partition coefficient (Wildman–Crippen LogP) is 1.89. The Balaban J connectivity index is 1.48. The van der Waals surface area contributed by atoms with Crippen LogP contribution in [0.15, 0.2) is 36.8 Å². The van der Waals surface area contributed by atoms with E-state index >= 15 is 0 Å². The lowest BCUT2D eigenvalue weighted by Crippen LogP contribution is -2.38. The van der Waals surface area contributed by atoms with Gasteiger partial charge in [0.2, 0.25) is 10.0 Å². The van der Waals surface area contributed by atoms with Crippen molar-refractivity contribution in [2.75, 3.05) is 35.0 Å². The Morgan fingerprint density at radius 3 is 2.90 bits per heavy atom. The van der Waals surface area contributed by atoms with E-state index in [-0.39, 0.29) is 5.75 Å². The van der Waals surface area contributed by atoms with Crippen molar-refractivity contribution in [3.8, 4) is 11.4 Å². The average Bonchev–Trinajstić information content (AvgIpc) is 3.18. The Labute approximate surface area is 175 Å². The lowest BCUT2D eigenvalue weighted by molar-refractivity contribution is 0.479. The Bertz CT molecular complexity index is 1150. The SMILES string of the molecule is O=S1(=O)CCCCN1c1cn2c(-c3cccc(NC4CCCNC4)n3)cnc2cn1. The monoisotopic (exact) mass is 427 g/mol. The molecule has 1 unspecified atom stereocenters. The van der Waals surface area contributed by atoms with E-state index in [0.717, 1.165) is 49.6 Å². The van der Waals surface area contributed by atoms with Gasteiger partial charge in [0.05, 0.1) is 35.7 Å². The normalized spacial score (nSPS) is 21.6. The maximum Gasteiger partial charge on any atom is 0.236 e. The minimum atomic E-state index is -3.32. The zero-order valence-electron chi connectivity index (χ0n) is 16.7. The molecule has 2 fully saturated rings. The fourth-order valence-electron chi connectivity index (χ4n) is 4.09. The second-order valence-electron chi connectivity index (χ2n) is 7.81. The molecule has 2 N–H and O–H groups in total. The van der Waals surface area contributed by atoms with Crippen molar-refractivity contribution in [2.24, 2.45) is 0 Å². The first kappa shape index (κ1) is 19.3. The van der Waals surface area contributed by atoms with Crippen LogP contribution in [0.5, 0.6) is 0 Å². The Morgan fingerprint density at radius 2 is 2.07 bits per heavy atom. The van der Waals surface area contributed by atoms with E-state index in [1.54, 1.807) is 18.6 Å². The smallest absolute Gasteiger partial charge is 0.236 e. The number of aromatic nitrogens is 4. The highest BCUT2D eigenvalue weighted by Crippen LogP contribution is 2.25. The van der Waals surface area contributed by atoms with E-state index < -0.39 is 10.0 Å². The van der Waals surface area contributed by atoms with Crippen LogP contribution in [0.25, 0.3) is 17.0 Å². The molecule has 0 aliphatic carbocycles. The van der Waals surface area contributed by atoms with E-state index in [4.69, 9.17) is 4.98 Å². The first-order valence-corrected chi connectivity index (χ1v) is 12.0. The lowest BCUT2D eigenvalue weighted by atomic mass is 10.1. The van der Waals surface area contributed by atoms with Crippen molar-refractivity contribution in [2.45, 2.75) is 31.7 Å². The fraction of sp³-hybridized carbons (Fsp3) is 0.450. The molecule has 0 amide bonds. The molecule has 5 rings (SSSR count). The molecule has 2 aliphatic rings. The number of imidazole rings is 1. The van der Waals surface area contributed by atoms with E-state index in [1.807, 2.05) is 22.6 Å². The van der Waals surface area contributed by atoms with Crippen LogP contribution in [0.4, 0.5) is 11.6 Å². The Hall–Kier alpha value is -2.72. The summed E-state index contributed by atoms with van der Waals surface area (Å²) >= 11 is 0. The number of rotatable bonds is 4. The van der Waals surface area contributed by atoms with Gasteiger partial charge in [-0.25, -0.2) is 23.4 Å². The molecule has 0 aromatic carbocycles. The van der Waals surface area contributed by atoms with Crippen molar-refractivity contribution in [1.82, 2.24) is 24.7 Å². The quantitative estimate of drug-likeness (QED) is 0.655. The fourth-order valence-corrected chi connectivity index (χ4v) is 5.66. The van der Waals surface area contributed by atoms with Crippen LogP contribution in [0.1, 0.15) is 25.7 Å². The number of nitrogens with zero attached hydrogens (tertiary/aromatic N) is 5. The van der Waals surface area contributed by atoms with Gasteiger partial charge in [-0.1, -0.05) is 6.07 Å². The number of sulfonamides is 1. The van der Waals surface area contributed by atoms with Crippen molar-refractivity contribution < 1.29 is 8.42 Å². The summed E-state index contributed by atoms with van der Waals surface area (Å²) in [5.74, 6) is 1.41. The van der Waals surface area contributed by atoms with Crippen molar-refractivity contribution in [3.63, 3.8) is 0 Å². The highest BCUT2D eigenvalue weighted by atomic mass is 32.2. The van der Waals surface area contributed by atoms with E-state index in [1.165, 1.54) is 4.31 Å². The zero-order chi connectivity index (χ0) is 20.6. The van der Waals surface area contributed by atoms with Gasteiger partial charge >= 0.3 is 0 Å². The molecule has 0 saturated carbocycles. The van der Waals surface area contributed by atoms with Crippen molar-refractivity contribution in [3.05, 3.63) is 36.8 Å². The molecule has 0 bridgehead atoms. The molecule has 5 heterocycles. The summed E-state index contributed by atoms with van der Waals surface area (Å²) in [6, 6.07) is 6.24. The molecule has 3 aromatic rings. The number of hydrogen-bond acceptors (Lipinski definition) is 7. The van der Waals surface area contributed by atoms with Gasteiger partial charge in [-0.05, 0) is 44.4 Å². The minimum absolute atomic E-state index is 0.162. The number of nitrogens with one attached hydrogen (secondary N) is 2.